The highest BCUT2D eigenvalue weighted by Crippen LogP contribution is 2.27. The Morgan fingerprint density at radius 2 is 2.19 bits per heavy atom. The van der Waals surface area contributed by atoms with E-state index in [0.717, 1.165) is 12.1 Å². The SMILES string of the molecule is O=C(O)c1ccc([N+](=O)[O-])c(NCC2CCS(=O)(=O)C2)c1. The van der Waals surface area contributed by atoms with Gasteiger partial charge in [-0.05, 0) is 24.5 Å². The first kappa shape index (κ1) is 15.2. The number of hydrogen-bond donors (Lipinski definition) is 2. The van der Waals surface area contributed by atoms with Gasteiger partial charge in [-0.25, -0.2) is 13.2 Å². The lowest BCUT2D eigenvalue weighted by atomic mass is 10.1. The molecule has 1 saturated heterocycles. The van der Waals surface area contributed by atoms with Gasteiger partial charge in [-0.1, -0.05) is 0 Å². The predicted molar refractivity (Wildman–Crippen MR) is 75.3 cm³/mol. The minimum Gasteiger partial charge on any atom is -0.478 e. The third-order valence-corrected chi connectivity index (χ3v) is 5.19. The number of nitro groups is 1. The van der Waals surface area contributed by atoms with Crippen LogP contribution in [0.1, 0.15) is 16.8 Å². The quantitative estimate of drug-likeness (QED) is 0.616. The summed E-state index contributed by atoms with van der Waals surface area (Å²) in [5.74, 6) is -1.14. The molecule has 1 atom stereocenters. The van der Waals surface area contributed by atoms with Crippen molar-refractivity contribution in [1.82, 2.24) is 0 Å². The molecule has 21 heavy (non-hydrogen) atoms. The van der Waals surface area contributed by atoms with Gasteiger partial charge in [0.05, 0.1) is 22.0 Å². The second kappa shape index (κ2) is 5.68. The van der Waals surface area contributed by atoms with Crippen molar-refractivity contribution in [3.8, 4) is 0 Å². The number of rotatable bonds is 5. The molecule has 1 aromatic rings. The summed E-state index contributed by atoms with van der Waals surface area (Å²) in [5, 5.41) is 22.6. The first-order chi connectivity index (χ1) is 9.78. The van der Waals surface area contributed by atoms with Crippen LogP contribution in [0.5, 0.6) is 0 Å². The van der Waals surface area contributed by atoms with Gasteiger partial charge in [0.25, 0.3) is 5.69 Å². The average molecular weight is 314 g/mol. The molecule has 114 valence electrons. The van der Waals surface area contributed by atoms with Crippen molar-refractivity contribution in [2.75, 3.05) is 23.4 Å². The Kier molecular flexibility index (Phi) is 4.12. The summed E-state index contributed by atoms with van der Waals surface area (Å²) in [7, 11) is -3.02. The largest absolute Gasteiger partial charge is 0.478 e. The zero-order chi connectivity index (χ0) is 15.6. The molecule has 9 heteroatoms. The fraction of sp³-hybridized carbons (Fsp3) is 0.417. The summed E-state index contributed by atoms with van der Waals surface area (Å²) in [4.78, 5) is 21.2. The summed E-state index contributed by atoms with van der Waals surface area (Å²) in [6.45, 7) is 0.253. The van der Waals surface area contributed by atoms with Crippen molar-refractivity contribution in [2.24, 2.45) is 5.92 Å². The van der Waals surface area contributed by atoms with Gasteiger partial charge in [-0.3, -0.25) is 10.1 Å². The molecule has 0 radical (unpaired) electrons. The van der Waals surface area contributed by atoms with Crippen molar-refractivity contribution in [3.63, 3.8) is 0 Å². The molecule has 1 unspecified atom stereocenters. The molecule has 1 fully saturated rings. The molecule has 0 spiro atoms. The van der Waals surface area contributed by atoms with Gasteiger partial charge in [-0.15, -0.1) is 0 Å². The number of nitro benzene ring substituents is 1. The maximum atomic E-state index is 11.4. The molecular weight excluding hydrogens is 300 g/mol. The highest BCUT2D eigenvalue weighted by Gasteiger charge is 2.28. The minimum atomic E-state index is -3.02. The van der Waals surface area contributed by atoms with E-state index in [4.69, 9.17) is 5.11 Å². The highest BCUT2D eigenvalue weighted by molar-refractivity contribution is 7.91. The van der Waals surface area contributed by atoms with Crippen LogP contribution in [0.25, 0.3) is 0 Å². The Morgan fingerprint density at radius 3 is 2.71 bits per heavy atom. The van der Waals surface area contributed by atoms with E-state index in [-0.39, 0.29) is 40.9 Å². The fourth-order valence-corrected chi connectivity index (χ4v) is 4.12. The molecule has 1 aromatic carbocycles. The number of benzene rings is 1. The lowest BCUT2D eigenvalue weighted by molar-refractivity contribution is -0.384. The van der Waals surface area contributed by atoms with Crippen molar-refractivity contribution < 1.29 is 23.2 Å². The number of carbonyl (C=O) groups is 1. The summed E-state index contributed by atoms with van der Waals surface area (Å²) in [5.41, 5.74) is -0.216. The minimum absolute atomic E-state index is 0.0480. The van der Waals surface area contributed by atoms with Crippen molar-refractivity contribution in [3.05, 3.63) is 33.9 Å². The second-order valence-electron chi connectivity index (χ2n) is 4.94. The van der Waals surface area contributed by atoms with Crippen LogP contribution in [-0.4, -0.2) is 42.5 Å². The van der Waals surface area contributed by atoms with Gasteiger partial charge in [0.15, 0.2) is 9.84 Å². The van der Waals surface area contributed by atoms with Crippen LogP contribution in [0.2, 0.25) is 0 Å². The number of carboxylic acid groups (broad SMARTS) is 1. The van der Waals surface area contributed by atoms with Crippen LogP contribution in [0.3, 0.4) is 0 Å². The molecular formula is C12H14N2O6S. The van der Waals surface area contributed by atoms with Gasteiger partial charge < -0.3 is 10.4 Å². The van der Waals surface area contributed by atoms with E-state index in [9.17, 15) is 23.3 Å². The van der Waals surface area contributed by atoms with Gasteiger partial charge in [0, 0.05) is 12.6 Å². The van der Waals surface area contributed by atoms with Crippen LogP contribution in [-0.2, 0) is 9.84 Å². The number of sulfone groups is 1. The van der Waals surface area contributed by atoms with Crippen molar-refractivity contribution in [1.29, 1.82) is 0 Å². The predicted octanol–water partition coefficient (Wildman–Crippen LogP) is 1.14. The number of aromatic carboxylic acids is 1. The monoisotopic (exact) mass is 314 g/mol. The Hall–Kier alpha value is -2.16. The smallest absolute Gasteiger partial charge is 0.335 e. The molecule has 1 heterocycles. The van der Waals surface area contributed by atoms with Crippen LogP contribution >= 0.6 is 0 Å². The maximum Gasteiger partial charge on any atom is 0.335 e. The van der Waals surface area contributed by atoms with E-state index in [1.165, 1.54) is 6.07 Å². The van der Waals surface area contributed by atoms with Gasteiger partial charge >= 0.3 is 5.97 Å². The fourth-order valence-electron chi connectivity index (χ4n) is 2.26. The molecule has 2 N–H and O–H groups in total. The molecule has 0 bridgehead atoms. The Bertz CT molecular complexity index is 685. The summed E-state index contributed by atoms with van der Waals surface area (Å²) < 4.78 is 22.7. The topological polar surface area (TPSA) is 127 Å². The molecule has 1 aliphatic heterocycles. The number of hydrogen-bond acceptors (Lipinski definition) is 6. The van der Waals surface area contributed by atoms with Crippen molar-refractivity contribution in [2.45, 2.75) is 6.42 Å². The number of nitrogens with zero attached hydrogens (tertiary/aromatic N) is 1. The third kappa shape index (κ3) is 3.69. The standard InChI is InChI=1S/C12H14N2O6S/c15-12(16)9-1-2-11(14(17)18)10(5-9)13-6-8-3-4-21(19,20)7-8/h1-2,5,8,13H,3-4,6-7H2,(H,15,16). The zero-order valence-electron chi connectivity index (χ0n) is 11.0. The van der Waals surface area contributed by atoms with Crippen LogP contribution in [0, 0.1) is 16.0 Å². The normalized spacial score (nSPS) is 20.1. The molecule has 0 saturated carbocycles. The van der Waals surface area contributed by atoms with E-state index in [2.05, 4.69) is 5.32 Å². The summed E-state index contributed by atoms with van der Waals surface area (Å²) >= 11 is 0. The first-order valence-corrected chi connectivity index (χ1v) is 8.06. The molecule has 1 aliphatic rings. The first-order valence-electron chi connectivity index (χ1n) is 6.24. The molecule has 0 aliphatic carbocycles. The zero-order valence-corrected chi connectivity index (χ0v) is 11.8. The molecule has 0 aromatic heterocycles. The highest BCUT2D eigenvalue weighted by atomic mass is 32.2. The number of nitrogens with one attached hydrogen (secondary N) is 1. The Morgan fingerprint density at radius 1 is 1.48 bits per heavy atom. The molecule has 2 rings (SSSR count). The number of carboxylic acids is 1. The average Bonchev–Trinajstić information content (AvgIpc) is 2.75. The summed E-state index contributed by atoms with van der Waals surface area (Å²) in [6.07, 6.45) is 0.502. The van der Waals surface area contributed by atoms with Crippen LogP contribution in [0.4, 0.5) is 11.4 Å². The van der Waals surface area contributed by atoms with E-state index >= 15 is 0 Å². The summed E-state index contributed by atoms with van der Waals surface area (Å²) in [6, 6.07) is 3.47. The van der Waals surface area contributed by atoms with Crippen LogP contribution in [0.15, 0.2) is 18.2 Å². The van der Waals surface area contributed by atoms with Crippen LogP contribution < -0.4 is 5.32 Å². The molecule has 0 amide bonds. The van der Waals surface area contributed by atoms with Gasteiger partial charge in [0.1, 0.15) is 5.69 Å². The molecule has 8 nitrogen and oxygen atoms in total. The van der Waals surface area contributed by atoms with Gasteiger partial charge in [-0.2, -0.15) is 0 Å². The Balaban J connectivity index is 2.16. The Labute approximate surface area is 120 Å². The lowest BCUT2D eigenvalue weighted by Crippen LogP contribution is -2.16. The maximum absolute atomic E-state index is 11.4. The van der Waals surface area contributed by atoms with Gasteiger partial charge in [0.2, 0.25) is 0 Å². The van der Waals surface area contributed by atoms with Crippen molar-refractivity contribution >= 4 is 27.2 Å². The van der Waals surface area contributed by atoms with E-state index in [1.807, 2.05) is 0 Å². The van der Waals surface area contributed by atoms with E-state index in [1.54, 1.807) is 0 Å². The second-order valence-corrected chi connectivity index (χ2v) is 7.17. The third-order valence-electron chi connectivity index (χ3n) is 3.35. The number of anilines is 1. The van der Waals surface area contributed by atoms with E-state index in [0.29, 0.717) is 6.42 Å². The lowest BCUT2D eigenvalue weighted by Gasteiger charge is -2.11. The van der Waals surface area contributed by atoms with E-state index < -0.39 is 20.7 Å².